The molecule has 1 rings (SSSR count). The summed E-state index contributed by atoms with van der Waals surface area (Å²) < 4.78 is 19.5. The maximum atomic E-state index is 11.5. The van der Waals surface area contributed by atoms with Gasteiger partial charge in [-0.15, -0.1) is 0 Å². The molecule has 0 aromatic heterocycles. The van der Waals surface area contributed by atoms with Gasteiger partial charge in [-0.2, -0.15) is 0 Å². The molecule has 0 aliphatic carbocycles. The van der Waals surface area contributed by atoms with Gasteiger partial charge in [-0.25, -0.2) is 9.59 Å². The molecule has 132 valence electrons. The van der Waals surface area contributed by atoms with E-state index in [4.69, 9.17) is 14.2 Å². The van der Waals surface area contributed by atoms with E-state index in [-0.39, 0.29) is 19.8 Å². The summed E-state index contributed by atoms with van der Waals surface area (Å²) in [6, 6.07) is 9.88. The lowest BCUT2D eigenvalue weighted by molar-refractivity contribution is 0.0377. The van der Waals surface area contributed by atoms with Crippen molar-refractivity contribution in [1.82, 2.24) is 0 Å². The fraction of sp³-hybridized carbons (Fsp3) is 0.444. The second-order valence-electron chi connectivity index (χ2n) is 4.79. The van der Waals surface area contributed by atoms with E-state index in [1.165, 1.54) is 0 Å². The summed E-state index contributed by atoms with van der Waals surface area (Å²) in [6.07, 6.45) is 2.73. The maximum absolute atomic E-state index is 11.5. The van der Waals surface area contributed by atoms with Crippen molar-refractivity contribution < 1.29 is 28.5 Å². The van der Waals surface area contributed by atoms with Gasteiger partial charge in [0.1, 0.15) is 12.7 Å². The van der Waals surface area contributed by atoms with E-state index in [0.29, 0.717) is 6.42 Å². The number of hydrogen-bond acceptors (Lipinski definition) is 6. The molecule has 0 fully saturated rings. The van der Waals surface area contributed by atoms with Crippen LogP contribution < -0.4 is 0 Å². The molecule has 0 spiro atoms. The van der Waals surface area contributed by atoms with Gasteiger partial charge in [-0.1, -0.05) is 30.3 Å². The molecule has 0 heterocycles. The van der Waals surface area contributed by atoms with E-state index in [2.05, 4.69) is 4.74 Å². The zero-order chi connectivity index (χ0) is 17.6. The molecule has 1 atom stereocenters. The first-order valence-electron chi connectivity index (χ1n) is 7.99. The highest BCUT2D eigenvalue weighted by molar-refractivity contribution is 5.60. The third kappa shape index (κ3) is 8.82. The Bertz CT molecular complexity index is 512. The molecule has 0 saturated carbocycles. The van der Waals surface area contributed by atoms with Gasteiger partial charge in [0.25, 0.3) is 0 Å². The Morgan fingerprint density at radius 3 is 2.33 bits per heavy atom. The zero-order valence-electron chi connectivity index (χ0n) is 14.1. The van der Waals surface area contributed by atoms with E-state index < -0.39 is 18.4 Å². The second kappa shape index (κ2) is 12.0. The van der Waals surface area contributed by atoms with Gasteiger partial charge in [0.2, 0.25) is 0 Å². The van der Waals surface area contributed by atoms with Crippen LogP contribution in [0, 0.1) is 0 Å². The first-order valence-corrected chi connectivity index (χ1v) is 7.99. The molecular weight excluding hydrogens is 312 g/mol. The monoisotopic (exact) mass is 336 g/mol. The van der Waals surface area contributed by atoms with Crippen LogP contribution in [0.2, 0.25) is 0 Å². The van der Waals surface area contributed by atoms with Crippen molar-refractivity contribution in [3.63, 3.8) is 0 Å². The van der Waals surface area contributed by atoms with Gasteiger partial charge in [0.15, 0.2) is 0 Å². The predicted molar refractivity (Wildman–Crippen MR) is 88.8 cm³/mol. The minimum atomic E-state index is -0.728. The Hall–Kier alpha value is -2.50. The normalized spacial score (nSPS) is 11.8. The number of ether oxygens (including phenoxy) is 4. The van der Waals surface area contributed by atoms with Crippen molar-refractivity contribution >= 4 is 12.3 Å². The average molecular weight is 336 g/mol. The molecule has 0 amide bonds. The lowest BCUT2D eigenvalue weighted by Crippen LogP contribution is -2.18. The lowest BCUT2D eigenvalue weighted by Gasteiger charge is -2.14. The van der Waals surface area contributed by atoms with Crippen molar-refractivity contribution in [3.05, 3.63) is 48.0 Å². The SMILES string of the molecule is CCOC(=O)OC/C=C/C(CCc1ccccc1)OC(=O)OCC. The average Bonchev–Trinajstić information content (AvgIpc) is 2.57. The van der Waals surface area contributed by atoms with Gasteiger partial charge in [-0.05, 0) is 44.4 Å². The molecule has 0 saturated heterocycles. The molecule has 0 bridgehead atoms. The number of carbonyl (C=O) groups is 2. The van der Waals surface area contributed by atoms with Crippen molar-refractivity contribution in [2.45, 2.75) is 32.8 Å². The number of carbonyl (C=O) groups excluding carboxylic acids is 2. The molecule has 1 unspecified atom stereocenters. The summed E-state index contributed by atoms with van der Waals surface area (Å²) in [7, 11) is 0. The van der Waals surface area contributed by atoms with Crippen molar-refractivity contribution in [3.8, 4) is 0 Å². The summed E-state index contributed by atoms with van der Waals surface area (Å²) in [5, 5.41) is 0. The van der Waals surface area contributed by atoms with Gasteiger partial charge in [0.05, 0.1) is 13.2 Å². The van der Waals surface area contributed by atoms with Crippen LogP contribution in [0.3, 0.4) is 0 Å². The van der Waals surface area contributed by atoms with Gasteiger partial charge < -0.3 is 18.9 Å². The number of rotatable bonds is 9. The molecule has 6 nitrogen and oxygen atoms in total. The van der Waals surface area contributed by atoms with E-state index in [0.717, 1.165) is 12.0 Å². The highest BCUT2D eigenvalue weighted by Gasteiger charge is 2.12. The van der Waals surface area contributed by atoms with Crippen LogP contribution >= 0.6 is 0 Å². The maximum Gasteiger partial charge on any atom is 0.508 e. The minimum absolute atomic E-state index is 0.0485. The van der Waals surface area contributed by atoms with Crippen LogP contribution in [0.5, 0.6) is 0 Å². The van der Waals surface area contributed by atoms with Crippen LogP contribution in [-0.2, 0) is 25.4 Å². The van der Waals surface area contributed by atoms with E-state index in [9.17, 15) is 9.59 Å². The lowest BCUT2D eigenvalue weighted by atomic mass is 10.1. The van der Waals surface area contributed by atoms with Crippen molar-refractivity contribution in [2.75, 3.05) is 19.8 Å². The molecule has 0 aliphatic heterocycles. The summed E-state index contributed by atoms with van der Waals surface area (Å²) in [5.74, 6) is 0. The molecule has 0 N–H and O–H groups in total. The Morgan fingerprint density at radius 1 is 1.00 bits per heavy atom. The Labute approximate surface area is 142 Å². The third-order valence-corrected chi connectivity index (χ3v) is 2.98. The highest BCUT2D eigenvalue weighted by atomic mass is 16.7. The quantitative estimate of drug-likeness (QED) is 0.503. The molecule has 0 aliphatic rings. The second-order valence-corrected chi connectivity index (χ2v) is 4.79. The minimum Gasteiger partial charge on any atom is -0.435 e. The largest absolute Gasteiger partial charge is 0.508 e. The third-order valence-electron chi connectivity index (χ3n) is 2.98. The van der Waals surface area contributed by atoms with E-state index in [1.807, 2.05) is 30.3 Å². The molecule has 0 radical (unpaired) electrons. The number of hydrogen-bond donors (Lipinski definition) is 0. The summed E-state index contributed by atoms with van der Waals surface area (Å²) in [6.45, 7) is 3.97. The molecule has 24 heavy (non-hydrogen) atoms. The summed E-state index contributed by atoms with van der Waals surface area (Å²) >= 11 is 0. The standard InChI is InChI=1S/C18H24O6/c1-3-21-17(19)23-14-8-11-16(24-18(20)22-4-2)13-12-15-9-6-5-7-10-15/h5-11,16H,3-4,12-14H2,1-2H3/b11-8+. The zero-order valence-corrected chi connectivity index (χ0v) is 14.1. The molecule has 1 aromatic rings. The van der Waals surface area contributed by atoms with Crippen LogP contribution in [0.4, 0.5) is 9.59 Å². The highest BCUT2D eigenvalue weighted by Crippen LogP contribution is 2.10. The van der Waals surface area contributed by atoms with Crippen molar-refractivity contribution in [2.24, 2.45) is 0 Å². The van der Waals surface area contributed by atoms with Crippen LogP contribution in [0.25, 0.3) is 0 Å². The molecule has 6 heteroatoms. The first kappa shape index (κ1) is 19.5. The number of aryl methyl sites for hydroxylation is 1. The predicted octanol–water partition coefficient (Wildman–Crippen LogP) is 3.89. The Morgan fingerprint density at radius 2 is 1.67 bits per heavy atom. The van der Waals surface area contributed by atoms with E-state index >= 15 is 0 Å². The Kier molecular flexibility index (Phi) is 9.76. The van der Waals surface area contributed by atoms with Gasteiger partial charge in [-0.3, -0.25) is 0 Å². The fourth-order valence-electron chi connectivity index (χ4n) is 1.91. The summed E-state index contributed by atoms with van der Waals surface area (Å²) in [5.41, 5.74) is 1.14. The fourth-order valence-corrected chi connectivity index (χ4v) is 1.91. The van der Waals surface area contributed by atoms with Crippen LogP contribution in [0.1, 0.15) is 25.8 Å². The topological polar surface area (TPSA) is 71.1 Å². The first-order chi connectivity index (χ1) is 11.7. The van der Waals surface area contributed by atoms with Crippen molar-refractivity contribution in [1.29, 1.82) is 0 Å². The van der Waals surface area contributed by atoms with Crippen LogP contribution in [0.15, 0.2) is 42.5 Å². The molecule has 1 aromatic carbocycles. The van der Waals surface area contributed by atoms with Gasteiger partial charge in [0, 0.05) is 0 Å². The smallest absolute Gasteiger partial charge is 0.435 e. The number of benzene rings is 1. The Balaban J connectivity index is 2.50. The van der Waals surface area contributed by atoms with Crippen LogP contribution in [-0.4, -0.2) is 38.2 Å². The van der Waals surface area contributed by atoms with Gasteiger partial charge >= 0.3 is 12.3 Å². The van der Waals surface area contributed by atoms with E-state index in [1.54, 1.807) is 26.0 Å². The molecular formula is C18H24O6. The summed E-state index contributed by atoms with van der Waals surface area (Å²) in [4.78, 5) is 22.6.